The predicted octanol–water partition coefficient (Wildman–Crippen LogP) is 5.73. The van der Waals surface area contributed by atoms with Gasteiger partial charge in [-0.1, -0.05) is 70.6 Å². The molecule has 9 nitrogen and oxygen atoms in total. The van der Waals surface area contributed by atoms with Crippen LogP contribution in [-0.4, -0.2) is 51.5 Å². The van der Waals surface area contributed by atoms with E-state index in [1.165, 1.54) is 32.1 Å². The maximum Gasteiger partial charge on any atom is 0.306 e. The van der Waals surface area contributed by atoms with Crippen molar-refractivity contribution in [2.45, 2.75) is 135 Å². The third-order valence-electron chi connectivity index (χ3n) is 6.53. The molecule has 0 aliphatic rings. The second kappa shape index (κ2) is 23.9. The molecule has 0 saturated heterocycles. The van der Waals surface area contributed by atoms with E-state index in [0.29, 0.717) is 32.2 Å². The lowest BCUT2D eigenvalue weighted by Crippen LogP contribution is -2.26. The van der Waals surface area contributed by atoms with Crippen molar-refractivity contribution in [3.63, 3.8) is 0 Å². The van der Waals surface area contributed by atoms with Crippen molar-refractivity contribution >= 4 is 29.6 Å². The highest BCUT2D eigenvalue weighted by atomic mass is 16.4. The summed E-state index contributed by atoms with van der Waals surface area (Å²) >= 11 is 0. The fourth-order valence-corrected chi connectivity index (χ4v) is 4.26. The molecule has 37 heavy (non-hydrogen) atoms. The van der Waals surface area contributed by atoms with Crippen LogP contribution in [-0.2, 0) is 24.0 Å². The Labute approximate surface area is 221 Å². The van der Waals surface area contributed by atoms with Gasteiger partial charge >= 0.3 is 17.9 Å². The number of unbranched alkanes of at least 4 members (excludes halogenated alkanes) is 13. The molecule has 0 radical (unpaired) electrons. The van der Waals surface area contributed by atoms with Gasteiger partial charge in [-0.3, -0.25) is 24.0 Å². The van der Waals surface area contributed by atoms with Gasteiger partial charge in [-0.05, 0) is 32.1 Å². The number of hydrogen-bond acceptors (Lipinski definition) is 5. The van der Waals surface area contributed by atoms with Gasteiger partial charge in [0, 0.05) is 38.6 Å². The van der Waals surface area contributed by atoms with Gasteiger partial charge in [0.1, 0.15) is 5.78 Å². The zero-order chi connectivity index (χ0) is 27.7. The van der Waals surface area contributed by atoms with Gasteiger partial charge in [0.2, 0.25) is 5.91 Å². The van der Waals surface area contributed by atoms with Crippen LogP contribution in [0.25, 0.3) is 0 Å². The number of aliphatic carboxylic acids is 3. The van der Waals surface area contributed by atoms with Crippen LogP contribution in [0, 0.1) is 5.92 Å². The molecular weight excluding hydrogens is 478 g/mol. The number of carbonyl (C=O) groups is 5. The van der Waals surface area contributed by atoms with Crippen molar-refractivity contribution in [3.8, 4) is 0 Å². The molecule has 4 N–H and O–H groups in total. The Morgan fingerprint density at radius 1 is 0.514 bits per heavy atom. The molecule has 214 valence electrons. The van der Waals surface area contributed by atoms with Crippen molar-refractivity contribution in [2.24, 2.45) is 5.92 Å². The number of ketones is 1. The van der Waals surface area contributed by atoms with Gasteiger partial charge in [0.15, 0.2) is 0 Å². The number of nitrogens with one attached hydrogen (secondary N) is 1. The molecule has 0 spiro atoms. The maximum atomic E-state index is 12.2. The van der Waals surface area contributed by atoms with E-state index in [1.807, 2.05) is 0 Å². The molecule has 0 rings (SSSR count). The highest BCUT2D eigenvalue weighted by Crippen LogP contribution is 2.16. The summed E-state index contributed by atoms with van der Waals surface area (Å²) < 4.78 is 0. The van der Waals surface area contributed by atoms with E-state index in [9.17, 15) is 29.1 Å². The molecule has 0 aromatic heterocycles. The molecule has 0 aliphatic heterocycles. The highest BCUT2D eigenvalue weighted by molar-refractivity contribution is 5.84. The largest absolute Gasteiger partial charge is 0.481 e. The minimum absolute atomic E-state index is 0.0336. The number of carbonyl (C=O) groups excluding carboxylic acids is 2. The van der Waals surface area contributed by atoms with Gasteiger partial charge in [-0.25, -0.2) is 0 Å². The molecule has 1 amide bonds. The molecule has 0 saturated carbocycles. The molecular formula is C28H49NO8. The Morgan fingerprint density at radius 3 is 1.35 bits per heavy atom. The van der Waals surface area contributed by atoms with Gasteiger partial charge in [-0.15, -0.1) is 0 Å². The number of carboxylic acid groups (broad SMARTS) is 3. The van der Waals surface area contributed by atoms with Crippen molar-refractivity contribution < 1.29 is 39.3 Å². The van der Waals surface area contributed by atoms with E-state index in [2.05, 4.69) is 5.32 Å². The third-order valence-corrected chi connectivity index (χ3v) is 6.53. The molecule has 0 aromatic rings. The Hall–Kier alpha value is -2.45. The predicted molar refractivity (Wildman–Crippen MR) is 141 cm³/mol. The standard InChI is InChI=1S/C28H49NO8/c30-24(16-12-9-7-5-3-1-2-4-6-8-10-13-17-26(32)33)22-23(28(36)37)19-20-25(31)29-21-15-11-14-18-27(34)35/h23H,1-22H2,(H,29,31)(H,32,33)(H,34,35)(H,36,37)/t23-/m1/s1. The fourth-order valence-electron chi connectivity index (χ4n) is 4.26. The number of hydrogen-bond donors (Lipinski definition) is 4. The third kappa shape index (κ3) is 25.0. The van der Waals surface area contributed by atoms with Crippen molar-refractivity contribution in [3.05, 3.63) is 0 Å². The maximum absolute atomic E-state index is 12.2. The molecule has 0 aromatic carbocycles. The van der Waals surface area contributed by atoms with Gasteiger partial charge < -0.3 is 20.6 Å². The van der Waals surface area contributed by atoms with Crippen LogP contribution in [0.2, 0.25) is 0 Å². The van der Waals surface area contributed by atoms with Crippen LogP contribution in [0.5, 0.6) is 0 Å². The minimum Gasteiger partial charge on any atom is -0.481 e. The molecule has 0 fully saturated rings. The summed E-state index contributed by atoms with van der Waals surface area (Å²) in [6.45, 7) is 0.436. The number of Topliss-reactive ketones (excluding diaryl/α,β-unsaturated/α-hetero) is 1. The average Bonchev–Trinajstić information content (AvgIpc) is 2.83. The van der Waals surface area contributed by atoms with Crippen molar-refractivity contribution in [1.29, 1.82) is 0 Å². The Kier molecular flexibility index (Phi) is 22.3. The van der Waals surface area contributed by atoms with Gasteiger partial charge in [-0.2, -0.15) is 0 Å². The summed E-state index contributed by atoms with van der Waals surface area (Å²) in [7, 11) is 0. The summed E-state index contributed by atoms with van der Waals surface area (Å²) in [6, 6.07) is 0. The lowest BCUT2D eigenvalue weighted by Gasteiger charge is -2.12. The topological polar surface area (TPSA) is 158 Å². The Balaban J connectivity index is 3.70. The van der Waals surface area contributed by atoms with Crippen LogP contribution >= 0.6 is 0 Å². The first-order valence-corrected chi connectivity index (χ1v) is 14.2. The molecule has 1 atom stereocenters. The van der Waals surface area contributed by atoms with E-state index >= 15 is 0 Å². The van der Waals surface area contributed by atoms with Gasteiger partial charge in [0.25, 0.3) is 0 Å². The van der Waals surface area contributed by atoms with Gasteiger partial charge in [0.05, 0.1) is 5.92 Å². The second-order valence-corrected chi connectivity index (χ2v) is 10.0. The molecule has 0 unspecified atom stereocenters. The van der Waals surface area contributed by atoms with Crippen molar-refractivity contribution in [2.75, 3.05) is 6.54 Å². The average molecular weight is 528 g/mol. The SMILES string of the molecule is O=C(O)CCCCCCCCCCCCCCC(=O)C[C@@H](CCC(=O)NCCCCCC(=O)O)C(=O)O. The second-order valence-electron chi connectivity index (χ2n) is 10.0. The van der Waals surface area contributed by atoms with E-state index in [4.69, 9.17) is 10.2 Å². The molecule has 9 heteroatoms. The fraction of sp³-hybridized carbons (Fsp3) is 0.821. The highest BCUT2D eigenvalue weighted by Gasteiger charge is 2.22. The number of rotatable bonds is 27. The van der Waals surface area contributed by atoms with E-state index in [1.54, 1.807) is 0 Å². The van der Waals surface area contributed by atoms with Crippen LogP contribution < -0.4 is 5.32 Å². The molecule has 0 heterocycles. The summed E-state index contributed by atoms with van der Waals surface area (Å²) in [5.74, 6) is -3.74. The lowest BCUT2D eigenvalue weighted by molar-refractivity contribution is -0.144. The smallest absolute Gasteiger partial charge is 0.306 e. The zero-order valence-electron chi connectivity index (χ0n) is 22.5. The first-order valence-electron chi connectivity index (χ1n) is 14.2. The Bertz CT molecular complexity index is 665. The van der Waals surface area contributed by atoms with Crippen molar-refractivity contribution in [1.82, 2.24) is 5.32 Å². The first kappa shape index (κ1) is 34.6. The monoisotopic (exact) mass is 527 g/mol. The summed E-state index contributed by atoms with van der Waals surface area (Å²) in [5.41, 5.74) is 0. The van der Waals surface area contributed by atoms with E-state index < -0.39 is 23.8 Å². The Morgan fingerprint density at radius 2 is 0.919 bits per heavy atom. The minimum atomic E-state index is -1.05. The summed E-state index contributed by atoms with van der Waals surface area (Å²) in [4.78, 5) is 56.5. The normalized spacial score (nSPS) is 11.7. The quantitative estimate of drug-likeness (QED) is 0.0985. The van der Waals surface area contributed by atoms with Crippen LogP contribution in [0.4, 0.5) is 0 Å². The van der Waals surface area contributed by atoms with E-state index in [-0.39, 0.29) is 43.8 Å². The first-order chi connectivity index (χ1) is 17.7. The van der Waals surface area contributed by atoms with Crippen LogP contribution in [0.1, 0.15) is 135 Å². The summed E-state index contributed by atoms with van der Waals surface area (Å²) in [6.07, 6.45) is 15.6. The zero-order valence-corrected chi connectivity index (χ0v) is 22.5. The van der Waals surface area contributed by atoms with E-state index in [0.717, 1.165) is 44.9 Å². The van der Waals surface area contributed by atoms with Crippen LogP contribution in [0.15, 0.2) is 0 Å². The summed E-state index contributed by atoms with van der Waals surface area (Å²) in [5, 5.41) is 29.3. The molecule has 0 bridgehead atoms. The number of carboxylic acids is 3. The lowest BCUT2D eigenvalue weighted by atomic mass is 9.94. The number of amides is 1. The molecule has 0 aliphatic carbocycles. The van der Waals surface area contributed by atoms with Crippen LogP contribution in [0.3, 0.4) is 0 Å².